The molecule has 0 spiro atoms. The number of rotatable bonds is 10. The highest BCUT2D eigenvalue weighted by molar-refractivity contribution is 6.25. The number of nitrogens with zero attached hydrogens (tertiary/aromatic N) is 2. The lowest BCUT2D eigenvalue weighted by molar-refractivity contribution is -0.140. The molecule has 38 heavy (non-hydrogen) atoms. The minimum atomic E-state index is -0.542. The monoisotopic (exact) mass is 511 g/mol. The molecule has 6 nitrogen and oxygen atoms in total. The van der Waals surface area contributed by atoms with E-state index in [9.17, 15) is 14.4 Å². The summed E-state index contributed by atoms with van der Waals surface area (Å²) in [5.74, 6) is -0.129. The quantitative estimate of drug-likeness (QED) is 0.391. The van der Waals surface area contributed by atoms with Crippen LogP contribution in [0.3, 0.4) is 0 Å². The topological polar surface area (TPSA) is 69.7 Å². The van der Waals surface area contributed by atoms with E-state index in [2.05, 4.69) is 5.32 Å². The van der Waals surface area contributed by atoms with E-state index in [1.54, 1.807) is 9.80 Å². The number of hydrogen-bond donors (Lipinski definition) is 1. The molecule has 1 fully saturated rings. The molecular weight excluding hydrogens is 474 g/mol. The second kappa shape index (κ2) is 11.8. The van der Waals surface area contributed by atoms with Gasteiger partial charge in [0.25, 0.3) is 5.91 Å². The molecule has 0 bridgehead atoms. The van der Waals surface area contributed by atoms with Gasteiger partial charge < -0.3 is 15.1 Å². The van der Waals surface area contributed by atoms with Crippen LogP contribution in [0.25, 0.3) is 10.8 Å². The van der Waals surface area contributed by atoms with Gasteiger partial charge in [0, 0.05) is 36.5 Å². The lowest BCUT2D eigenvalue weighted by Crippen LogP contribution is -2.51. The Hall–Kier alpha value is -3.67. The second-order valence-electron chi connectivity index (χ2n) is 10.6. The summed E-state index contributed by atoms with van der Waals surface area (Å²) in [5, 5.41) is 5.24. The molecular formula is C32H37N3O3. The van der Waals surface area contributed by atoms with Crippen LogP contribution in [0.4, 0.5) is 5.69 Å². The van der Waals surface area contributed by atoms with Crippen LogP contribution in [0.5, 0.6) is 0 Å². The minimum absolute atomic E-state index is 0.00888. The number of anilines is 1. The van der Waals surface area contributed by atoms with Crippen molar-refractivity contribution in [3.8, 4) is 0 Å². The summed E-state index contributed by atoms with van der Waals surface area (Å²) in [6, 6.07) is 21.5. The normalized spacial score (nSPS) is 16.0. The number of amides is 3. The van der Waals surface area contributed by atoms with Crippen molar-refractivity contribution < 1.29 is 14.4 Å². The molecule has 1 saturated carbocycles. The van der Waals surface area contributed by atoms with Gasteiger partial charge in [0.05, 0.1) is 5.69 Å². The summed E-state index contributed by atoms with van der Waals surface area (Å²) in [4.78, 5) is 43.3. The van der Waals surface area contributed by atoms with Crippen LogP contribution >= 0.6 is 0 Å². The predicted molar refractivity (Wildman–Crippen MR) is 151 cm³/mol. The van der Waals surface area contributed by atoms with Crippen molar-refractivity contribution in [3.05, 3.63) is 77.9 Å². The summed E-state index contributed by atoms with van der Waals surface area (Å²) in [7, 11) is 0. The van der Waals surface area contributed by atoms with Gasteiger partial charge >= 0.3 is 0 Å². The van der Waals surface area contributed by atoms with Gasteiger partial charge in [0.2, 0.25) is 11.8 Å². The lowest BCUT2D eigenvalue weighted by Gasteiger charge is -2.31. The highest BCUT2D eigenvalue weighted by Crippen LogP contribution is 2.37. The van der Waals surface area contributed by atoms with Crippen molar-refractivity contribution in [2.75, 3.05) is 18.0 Å². The van der Waals surface area contributed by atoms with Crippen LogP contribution < -0.4 is 10.2 Å². The van der Waals surface area contributed by atoms with Crippen molar-refractivity contribution in [2.45, 2.75) is 70.4 Å². The zero-order valence-electron chi connectivity index (χ0n) is 22.2. The first kappa shape index (κ1) is 26.0. The summed E-state index contributed by atoms with van der Waals surface area (Å²) >= 11 is 0. The molecule has 3 aromatic carbocycles. The van der Waals surface area contributed by atoms with Crippen LogP contribution in [-0.2, 0) is 16.0 Å². The van der Waals surface area contributed by atoms with Crippen molar-refractivity contribution in [3.63, 3.8) is 0 Å². The van der Waals surface area contributed by atoms with Gasteiger partial charge in [0.1, 0.15) is 6.04 Å². The van der Waals surface area contributed by atoms with E-state index in [1.165, 1.54) is 6.42 Å². The average molecular weight is 512 g/mol. The molecule has 1 aliphatic heterocycles. The van der Waals surface area contributed by atoms with E-state index in [-0.39, 0.29) is 30.2 Å². The smallest absolute Gasteiger partial charge is 0.258 e. The Bertz CT molecular complexity index is 1290. The third-order valence-corrected chi connectivity index (χ3v) is 8.02. The van der Waals surface area contributed by atoms with Crippen LogP contribution in [0.15, 0.2) is 66.7 Å². The van der Waals surface area contributed by atoms with Crippen LogP contribution in [0.2, 0.25) is 0 Å². The van der Waals surface area contributed by atoms with Gasteiger partial charge in [-0.2, -0.15) is 0 Å². The maximum atomic E-state index is 13.5. The van der Waals surface area contributed by atoms with Gasteiger partial charge in [-0.25, -0.2) is 0 Å². The SMILES string of the molecule is C[C@@H](C(=O)NC1CCCCC1)N(CCc1ccccc1)C(=O)CCCN1C(=O)c2cccc3cccc1c23. The fourth-order valence-electron chi connectivity index (χ4n) is 5.87. The molecule has 1 heterocycles. The maximum Gasteiger partial charge on any atom is 0.258 e. The fraction of sp³-hybridized carbons (Fsp3) is 0.406. The van der Waals surface area contributed by atoms with E-state index >= 15 is 0 Å². The minimum Gasteiger partial charge on any atom is -0.352 e. The molecule has 1 N–H and O–H groups in total. The van der Waals surface area contributed by atoms with Gasteiger partial charge in [0.15, 0.2) is 0 Å². The van der Waals surface area contributed by atoms with Gasteiger partial charge in [-0.3, -0.25) is 14.4 Å². The third-order valence-electron chi connectivity index (χ3n) is 8.02. The summed E-state index contributed by atoms with van der Waals surface area (Å²) in [5.41, 5.74) is 2.78. The van der Waals surface area contributed by atoms with Crippen molar-refractivity contribution in [2.24, 2.45) is 0 Å². The molecule has 198 valence electrons. The van der Waals surface area contributed by atoms with Crippen LogP contribution in [-0.4, -0.2) is 47.8 Å². The number of carbonyl (C=O) groups excluding carboxylic acids is 3. The average Bonchev–Trinajstić information content (AvgIpc) is 3.22. The molecule has 6 heteroatoms. The molecule has 1 atom stereocenters. The van der Waals surface area contributed by atoms with Gasteiger partial charge in [-0.1, -0.05) is 73.9 Å². The van der Waals surface area contributed by atoms with Gasteiger partial charge in [-0.05, 0) is 55.7 Å². The number of nitrogens with one attached hydrogen (secondary N) is 1. The maximum absolute atomic E-state index is 13.5. The van der Waals surface area contributed by atoms with E-state index in [1.807, 2.05) is 73.7 Å². The van der Waals surface area contributed by atoms with Crippen molar-refractivity contribution in [1.29, 1.82) is 0 Å². The lowest BCUT2D eigenvalue weighted by atomic mass is 9.95. The molecule has 0 radical (unpaired) electrons. The Morgan fingerprint density at radius 1 is 0.974 bits per heavy atom. The highest BCUT2D eigenvalue weighted by atomic mass is 16.2. The molecule has 1 aliphatic carbocycles. The van der Waals surface area contributed by atoms with E-state index in [0.717, 1.165) is 53.3 Å². The molecule has 5 rings (SSSR count). The summed E-state index contributed by atoms with van der Waals surface area (Å²) in [6.07, 6.45) is 7.04. The van der Waals surface area contributed by atoms with Crippen molar-refractivity contribution in [1.82, 2.24) is 10.2 Å². The first-order valence-electron chi connectivity index (χ1n) is 14.0. The summed E-state index contributed by atoms with van der Waals surface area (Å²) < 4.78 is 0. The van der Waals surface area contributed by atoms with Gasteiger partial charge in [-0.15, -0.1) is 0 Å². The van der Waals surface area contributed by atoms with E-state index < -0.39 is 6.04 Å². The Labute approximate surface area is 225 Å². The zero-order chi connectivity index (χ0) is 26.5. The Morgan fingerprint density at radius 3 is 2.47 bits per heavy atom. The predicted octanol–water partition coefficient (Wildman–Crippen LogP) is 5.49. The Morgan fingerprint density at radius 2 is 1.71 bits per heavy atom. The van der Waals surface area contributed by atoms with Crippen LogP contribution in [0.1, 0.15) is 67.8 Å². The number of benzene rings is 3. The van der Waals surface area contributed by atoms with E-state index in [0.29, 0.717) is 25.9 Å². The first-order chi connectivity index (χ1) is 18.5. The Balaban J connectivity index is 1.23. The molecule has 0 saturated heterocycles. The fourth-order valence-corrected chi connectivity index (χ4v) is 5.87. The third kappa shape index (κ3) is 5.59. The number of carbonyl (C=O) groups is 3. The standard InChI is InChI=1S/C32H37N3O3/c1-23(31(37)33-26-15-6-3-7-16-26)34(22-20-24-11-4-2-5-12-24)29(36)19-10-21-35-28-18-9-14-25-13-8-17-27(30(25)28)32(35)38/h2,4-5,8-9,11-14,17-18,23,26H,3,6-7,10,15-16,19-22H2,1H3,(H,33,37)/t23-/m0/s1. The molecule has 2 aliphatic rings. The second-order valence-corrected chi connectivity index (χ2v) is 10.6. The zero-order valence-corrected chi connectivity index (χ0v) is 22.2. The number of hydrogen-bond acceptors (Lipinski definition) is 3. The molecule has 0 aromatic heterocycles. The molecule has 3 amide bonds. The Kier molecular flexibility index (Phi) is 8.06. The highest BCUT2D eigenvalue weighted by Gasteiger charge is 2.31. The molecule has 0 unspecified atom stereocenters. The van der Waals surface area contributed by atoms with Crippen molar-refractivity contribution >= 4 is 34.2 Å². The summed E-state index contributed by atoms with van der Waals surface area (Å²) in [6.45, 7) is 2.78. The molecule has 3 aromatic rings. The van der Waals surface area contributed by atoms with E-state index in [4.69, 9.17) is 0 Å². The largest absolute Gasteiger partial charge is 0.352 e. The van der Waals surface area contributed by atoms with Crippen LogP contribution in [0, 0.1) is 0 Å². The first-order valence-corrected chi connectivity index (χ1v) is 14.0.